The molecule has 78 valence electrons. The molecule has 0 saturated carbocycles. The van der Waals surface area contributed by atoms with E-state index in [2.05, 4.69) is 19.2 Å². The number of hydrogen-bond acceptors (Lipinski definition) is 1. The van der Waals surface area contributed by atoms with Gasteiger partial charge in [0.15, 0.2) is 0 Å². The number of hydrogen-bond donors (Lipinski definition) is 1. The monoisotopic (exact) mass is 225 g/mol. The van der Waals surface area contributed by atoms with Gasteiger partial charge >= 0.3 is 5.37 Å². The minimum absolute atomic E-state index is 0.323. The van der Waals surface area contributed by atoms with Crippen LogP contribution in [0.25, 0.3) is 0 Å². The quantitative estimate of drug-likeness (QED) is 0.417. The third-order valence-corrected chi connectivity index (χ3v) is 2.69. The van der Waals surface area contributed by atoms with Crippen molar-refractivity contribution < 1.29 is 4.79 Å². The number of carbonyl (C=O) groups is 1. The van der Waals surface area contributed by atoms with Crippen molar-refractivity contribution >= 4 is 28.6 Å². The Labute approximate surface area is 90.0 Å². The fourth-order valence-electron chi connectivity index (χ4n) is 1.25. The predicted octanol–water partition coefficient (Wildman–Crippen LogP) is 3.72. The van der Waals surface area contributed by atoms with Gasteiger partial charge in [0, 0.05) is 0 Å². The first-order valence-corrected chi connectivity index (χ1v) is 5.53. The summed E-state index contributed by atoms with van der Waals surface area (Å²) < 4.78 is 0. The summed E-state index contributed by atoms with van der Waals surface area (Å²) in [4.78, 5) is 10.5. The smallest absolute Gasteiger partial charge is 0.314 e. The normalized spacial score (nSPS) is 15.1. The highest BCUT2D eigenvalue weighted by atomic mass is 35.5. The predicted molar refractivity (Wildman–Crippen MR) is 57.3 cm³/mol. The number of amides is 1. The van der Waals surface area contributed by atoms with Crippen LogP contribution < -0.4 is 5.32 Å². The minimum atomic E-state index is -0.574. The zero-order valence-electron chi connectivity index (χ0n) is 8.15. The van der Waals surface area contributed by atoms with E-state index in [0.717, 1.165) is 25.7 Å². The van der Waals surface area contributed by atoms with Crippen molar-refractivity contribution in [1.29, 1.82) is 0 Å². The van der Waals surface area contributed by atoms with Gasteiger partial charge < -0.3 is 5.32 Å². The maximum absolute atomic E-state index is 10.5. The average molecular weight is 226 g/mol. The van der Waals surface area contributed by atoms with E-state index in [1.54, 1.807) is 0 Å². The summed E-state index contributed by atoms with van der Waals surface area (Å²) in [5.41, 5.74) is -0.332. The third-order valence-electron chi connectivity index (χ3n) is 2.12. The highest BCUT2D eigenvalue weighted by Gasteiger charge is 2.17. The van der Waals surface area contributed by atoms with E-state index in [1.165, 1.54) is 0 Å². The maximum Gasteiger partial charge on any atom is 0.314 e. The number of carbonyl (C=O) groups excluding carboxylic acids is 1. The summed E-state index contributed by atoms with van der Waals surface area (Å²) in [6, 6.07) is 0. The molecule has 1 amide bonds. The number of unbranched alkanes of at least 4 members (excludes halogenated alkanes) is 1. The molecule has 0 radical (unpaired) electrons. The number of halogens is 2. The topological polar surface area (TPSA) is 29.1 Å². The Bertz CT molecular complexity index is 153. The second-order valence-electron chi connectivity index (χ2n) is 3.13. The van der Waals surface area contributed by atoms with Crippen LogP contribution in [0.1, 0.15) is 39.5 Å². The lowest BCUT2D eigenvalue weighted by molar-refractivity contribution is 0.255. The molecule has 0 heterocycles. The SMILES string of the molecule is CCCCC(CC)C(Cl)NC(=O)Cl. The second-order valence-corrected chi connectivity index (χ2v) is 3.94. The van der Waals surface area contributed by atoms with E-state index in [4.69, 9.17) is 23.2 Å². The summed E-state index contributed by atoms with van der Waals surface area (Å²) in [6.45, 7) is 4.20. The van der Waals surface area contributed by atoms with E-state index in [1.807, 2.05) is 0 Å². The third kappa shape index (κ3) is 6.17. The highest BCUT2D eigenvalue weighted by molar-refractivity contribution is 6.63. The minimum Gasteiger partial charge on any atom is -0.326 e. The zero-order valence-corrected chi connectivity index (χ0v) is 9.66. The molecular formula is C9H17Cl2NO. The zero-order chi connectivity index (χ0) is 10.3. The first-order chi connectivity index (χ1) is 6.11. The van der Waals surface area contributed by atoms with Gasteiger partial charge in [0.1, 0.15) is 5.50 Å². The van der Waals surface area contributed by atoms with Gasteiger partial charge in [0.05, 0.1) is 0 Å². The maximum atomic E-state index is 10.5. The Balaban J connectivity index is 3.83. The van der Waals surface area contributed by atoms with Gasteiger partial charge in [-0.05, 0) is 23.9 Å². The Morgan fingerprint density at radius 1 is 1.46 bits per heavy atom. The van der Waals surface area contributed by atoms with Gasteiger partial charge in [-0.3, -0.25) is 4.79 Å². The Hall–Kier alpha value is 0.0500. The molecule has 0 aromatic heterocycles. The molecule has 0 aromatic carbocycles. The Morgan fingerprint density at radius 3 is 2.46 bits per heavy atom. The van der Waals surface area contributed by atoms with Gasteiger partial charge in [-0.15, -0.1) is 0 Å². The molecule has 2 atom stereocenters. The van der Waals surface area contributed by atoms with Crippen molar-refractivity contribution in [2.45, 2.75) is 45.0 Å². The molecule has 0 spiro atoms. The Kier molecular flexibility index (Phi) is 7.48. The lowest BCUT2D eigenvalue weighted by atomic mass is 9.99. The van der Waals surface area contributed by atoms with E-state index in [-0.39, 0.29) is 5.50 Å². The number of nitrogens with one attached hydrogen (secondary N) is 1. The van der Waals surface area contributed by atoms with Crippen molar-refractivity contribution in [3.05, 3.63) is 0 Å². The van der Waals surface area contributed by atoms with Crippen LogP contribution in [0.15, 0.2) is 0 Å². The lowest BCUT2D eigenvalue weighted by Crippen LogP contribution is -2.32. The molecule has 0 saturated heterocycles. The van der Waals surface area contributed by atoms with Crippen molar-refractivity contribution in [3.8, 4) is 0 Å². The first-order valence-electron chi connectivity index (χ1n) is 4.71. The largest absolute Gasteiger partial charge is 0.326 e. The van der Waals surface area contributed by atoms with Gasteiger partial charge in [-0.25, -0.2) is 0 Å². The molecule has 0 fully saturated rings. The fraction of sp³-hybridized carbons (Fsp3) is 0.889. The molecule has 13 heavy (non-hydrogen) atoms. The molecular weight excluding hydrogens is 209 g/mol. The molecule has 2 unspecified atom stereocenters. The summed E-state index contributed by atoms with van der Waals surface area (Å²) in [5.74, 6) is 0.323. The van der Waals surface area contributed by atoms with Crippen LogP contribution in [0, 0.1) is 5.92 Å². The summed E-state index contributed by atoms with van der Waals surface area (Å²) in [5, 5.41) is 1.92. The van der Waals surface area contributed by atoms with Crippen molar-refractivity contribution in [1.82, 2.24) is 5.32 Å². The number of alkyl halides is 1. The Morgan fingerprint density at radius 2 is 2.08 bits per heavy atom. The molecule has 4 heteroatoms. The van der Waals surface area contributed by atoms with E-state index in [9.17, 15) is 4.79 Å². The van der Waals surface area contributed by atoms with Crippen LogP contribution in [0.5, 0.6) is 0 Å². The summed E-state index contributed by atoms with van der Waals surface area (Å²) in [6.07, 6.45) is 4.29. The summed E-state index contributed by atoms with van der Waals surface area (Å²) in [7, 11) is 0. The molecule has 2 nitrogen and oxygen atoms in total. The van der Waals surface area contributed by atoms with E-state index >= 15 is 0 Å². The molecule has 0 bridgehead atoms. The van der Waals surface area contributed by atoms with Gasteiger partial charge in [0.25, 0.3) is 0 Å². The van der Waals surface area contributed by atoms with Crippen molar-refractivity contribution in [2.75, 3.05) is 0 Å². The number of rotatable bonds is 6. The van der Waals surface area contributed by atoms with Crippen molar-refractivity contribution in [3.63, 3.8) is 0 Å². The van der Waals surface area contributed by atoms with Crippen LogP contribution in [-0.2, 0) is 0 Å². The standard InChI is InChI=1S/C9H17Cl2NO/c1-3-5-6-7(4-2)8(10)12-9(11)13/h7-8H,3-6H2,1-2H3,(H,12,13). The van der Waals surface area contributed by atoms with Gasteiger partial charge in [0.2, 0.25) is 0 Å². The van der Waals surface area contributed by atoms with Crippen LogP contribution in [-0.4, -0.2) is 10.9 Å². The van der Waals surface area contributed by atoms with E-state index in [0.29, 0.717) is 5.92 Å². The first kappa shape index (κ1) is 13.1. The molecule has 0 aliphatic carbocycles. The fourth-order valence-corrected chi connectivity index (χ4v) is 1.83. The molecule has 0 aliphatic rings. The molecule has 0 aromatic rings. The van der Waals surface area contributed by atoms with Crippen LogP contribution in [0.3, 0.4) is 0 Å². The van der Waals surface area contributed by atoms with Gasteiger partial charge in [-0.1, -0.05) is 44.7 Å². The van der Waals surface area contributed by atoms with Crippen LogP contribution in [0.2, 0.25) is 0 Å². The summed E-state index contributed by atoms with van der Waals surface area (Å²) >= 11 is 11.1. The van der Waals surface area contributed by atoms with Gasteiger partial charge in [-0.2, -0.15) is 0 Å². The second kappa shape index (κ2) is 7.45. The van der Waals surface area contributed by atoms with Crippen LogP contribution in [0.4, 0.5) is 4.79 Å². The lowest BCUT2D eigenvalue weighted by Gasteiger charge is -2.20. The van der Waals surface area contributed by atoms with Crippen LogP contribution >= 0.6 is 23.2 Å². The average Bonchev–Trinajstić information content (AvgIpc) is 2.04. The van der Waals surface area contributed by atoms with Crippen molar-refractivity contribution in [2.24, 2.45) is 5.92 Å². The molecule has 1 N–H and O–H groups in total. The van der Waals surface area contributed by atoms with E-state index < -0.39 is 5.37 Å². The highest BCUT2D eigenvalue weighted by Crippen LogP contribution is 2.19. The molecule has 0 aliphatic heterocycles. The molecule has 0 rings (SSSR count).